The third-order valence-corrected chi connectivity index (χ3v) is 5.48. The van der Waals surface area contributed by atoms with Crippen LogP contribution in [0.4, 0.5) is 0 Å². The Kier molecular flexibility index (Phi) is 4.15. The summed E-state index contributed by atoms with van der Waals surface area (Å²) in [5.74, 6) is 0.933. The fourth-order valence-corrected chi connectivity index (χ4v) is 4.02. The molecule has 0 amide bonds. The van der Waals surface area contributed by atoms with Crippen LogP contribution in [0.25, 0.3) is 10.9 Å². The fourth-order valence-electron chi connectivity index (χ4n) is 3.89. The smallest absolute Gasteiger partial charge is 0.258 e. The summed E-state index contributed by atoms with van der Waals surface area (Å²) in [6.07, 6.45) is 0. The number of nitrogens with zero attached hydrogens (tertiary/aromatic N) is 1. The van der Waals surface area contributed by atoms with Gasteiger partial charge in [0.05, 0.1) is 29.7 Å². The van der Waals surface area contributed by atoms with Gasteiger partial charge in [-0.25, -0.2) is 0 Å². The lowest BCUT2D eigenvalue weighted by molar-refractivity contribution is 0.415. The molecule has 8 heteroatoms. The normalized spacial score (nSPS) is 14.7. The Bertz CT molecular complexity index is 1420. The van der Waals surface area contributed by atoms with Crippen LogP contribution in [0.1, 0.15) is 28.4 Å². The summed E-state index contributed by atoms with van der Waals surface area (Å²) in [6.45, 7) is 1.68. The highest BCUT2D eigenvalue weighted by Gasteiger charge is 2.36. The van der Waals surface area contributed by atoms with Crippen molar-refractivity contribution in [3.63, 3.8) is 0 Å². The zero-order valence-electron chi connectivity index (χ0n) is 16.1. The molecule has 0 fully saturated rings. The van der Waals surface area contributed by atoms with Gasteiger partial charge in [0.15, 0.2) is 0 Å². The van der Waals surface area contributed by atoms with E-state index in [0.717, 1.165) is 5.56 Å². The molecule has 4 aromatic rings. The standard InChI is InChI=1S/C22H16ClN3O4/c1-10-24-21(28)18-16(11-3-5-12(23)6-4-11)17-19(30-22(18)25-10)14-8-7-13(29-2)9-15(14)26-20(17)27/h3-9,16H,1-2H3,(H,26,27)(H,24,25,28). The fraction of sp³-hybridized carbons (Fsp3) is 0.136. The molecule has 0 saturated carbocycles. The largest absolute Gasteiger partial charge is 0.497 e. The third kappa shape index (κ3) is 2.78. The molecule has 1 aliphatic rings. The van der Waals surface area contributed by atoms with E-state index in [4.69, 9.17) is 21.1 Å². The number of halogens is 1. The van der Waals surface area contributed by atoms with E-state index in [-0.39, 0.29) is 22.6 Å². The zero-order chi connectivity index (χ0) is 21.0. The highest BCUT2D eigenvalue weighted by atomic mass is 35.5. The van der Waals surface area contributed by atoms with Gasteiger partial charge >= 0.3 is 0 Å². The number of aromatic amines is 2. The van der Waals surface area contributed by atoms with Gasteiger partial charge in [-0.15, -0.1) is 0 Å². The molecular formula is C22H16ClN3O4. The summed E-state index contributed by atoms with van der Waals surface area (Å²) >= 11 is 6.06. The second-order valence-electron chi connectivity index (χ2n) is 7.07. The number of pyridine rings is 1. The lowest BCUT2D eigenvalue weighted by Crippen LogP contribution is -2.29. The van der Waals surface area contributed by atoms with Crippen LogP contribution >= 0.6 is 11.6 Å². The molecule has 150 valence electrons. The Balaban J connectivity index is 1.88. The van der Waals surface area contributed by atoms with Gasteiger partial charge in [-0.1, -0.05) is 23.7 Å². The van der Waals surface area contributed by atoms with Crippen molar-refractivity contribution in [2.75, 3.05) is 7.11 Å². The number of hydrogen-bond acceptors (Lipinski definition) is 5. The Morgan fingerprint density at radius 2 is 1.77 bits per heavy atom. The third-order valence-electron chi connectivity index (χ3n) is 5.23. The number of nitrogens with one attached hydrogen (secondary N) is 2. The maximum Gasteiger partial charge on any atom is 0.258 e. The molecule has 2 aromatic carbocycles. The topological polar surface area (TPSA) is 97.1 Å². The lowest BCUT2D eigenvalue weighted by atomic mass is 9.84. The number of fused-ring (bicyclic) bond motifs is 4. The van der Waals surface area contributed by atoms with Crippen molar-refractivity contribution >= 4 is 22.5 Å². The van der Waals surface area contributed by atoms with Gasteiger partial charge in [0.25, 0.3) is 11.1 Å². The van der Waals surface area contributed by atoms with Crippen LogP contribution in [0.15, 0.2) is 52.1 Å². The predicted molar refractivity (Wildman–Crippen MR) is 113 cm³/mol. The van der Waals surface area contributed by atoms with Gasteiger partial charge in [-0.05, 0) is 36.8 Å². The SMILES string of the molecule is COc1ccc2c3c(c(=O)[nH]c2c1)C(c1ccc(Cl)cc1)c1c(nc(C)[nH]c1=O)O3. The second-order valence-corrected chi connectivity index (χ2v) is 7.50. The second kappa shape index (κ2) is 6.74. The van der Waals surface area contributed by atoms with E-state index in [0.29, 0.717) is 38.8 Å². The number of aryl methyl sites for hydroxylation is 1. The summed E-state index contributed by atoms with van der Waals surface area (Å²) < 4.78 is 11.3. The molecule has 7 nitrogen and oxygen atoms in total. The molecule has 1 aliphatic heterocycles. The van der Waals surface area contributed by atoms with Crippen LogP contribution in [-0.2, 0) is 0 Å². The Morgan fingerprint density at radius 1 is 1.03 bits per heavy atom. The first-order chi connectivity index (χ1) is 14.5. The van der Waals surface area contributed by atoms with E-state index in [1.165, 1.54) is 0 Å². The quantitative estimate of drug-likeness (QED) is 0.451. The molecule has 3 heterocycles. The number of aromatic nitrogens is 3. The zero-order valence-corrected chi connectivity index (χ0v) is 16.8. The Hall–Kier alpha value is -3.58. The number of H-pyrrole nitrogens is 2. The number of hydrogen-bond donors (Lipinski definition) is 2. The van der Waals surface area contributed by atoms with Gasteiger partial charge in [-0.3, -0.25) is 9.59 Å². The molecule has 0 spiro atoms. The van der Waals surface area contributed by atoms with E-state index in [9.17, 15) is 9.59 Å². The maximum absolute atomic E-state index is 13.2. The molecule has 2 N–H and O–H groups in total. The van der Waals surface area contributed by atoms with Crippen LogP contribution in [0, 0.1) is 6.92 Å². The lowest BCUT2D eigenvalue weighted by Gasteiger charge is -2.27. The van der Waals surface area contributed by atoms with Crippen LogP contribution in [-0.4, -0.2) is 22.1 Å². The van der Waals surface area contributed by atoms with Crippen molar-refractivity contribution in [1.82, 2.24) is 15.0 Å². The van der Waals surface area contributed by atoms with Gasteiger partial charge < -0.3 is 19.4 Å². The highest BCUT2D eigenvalue weighted by Crippen LogP contribution is 2.46. The average Bonchev–Trinajstić information content (AvgIpc) is 2.72. The van der Waals surface area contributed by atoms with Crippen molar-refractivity contribution in [1.29, 1.82) is 0 Å². The minimum Gasteiger partial charge on any atom is -0.497 e. The van der Waals surface area contributed by atoms with E-state index in [1.54, 1.807) is 50.4 Å². The van der Waals surface area contributed by atoms with Gasteiger partial charge in [-0.2, -0.15) is 4.98 Å². The van der Waals surface area contributed by atoms with Gasteiger partial charge in [0, 0.05) is 16.5 Å². The molecule has 1 unspecified atom stereocenters. The van der Waals surface area contributed by atoms with Gasteiger partial charge in [0.1, 0.15) is 17.3 Å². The minimum atomic E-state index is -0.659. The van der Waals surface area contributed by atoms with Crippen molar-refractivity contribution < 1.29 is 9.47 Å². The van der Waals surface area contributed by atoms with E-state index in [2.05, 4.69) is 15.0 Å². The number of rotatable bonds is 2. The summed E-state index contributed by atoms with van der Waals surface area (Å²) in [5.41, 5.74) is 1.23. The highest BCUT2D eigenvalue weighted by molar-refractivity contribution is 6.30. The predicted octanol–water partition coefficient (Wildman–Crippen LogP) is 3.87. The average molecular weight is 422 g/mol. The van der Waals surface area contributed by atoms with Crippen molar-refractivity contribution in [2.24, 2.45) is 0 Å². The van der Waals surface area contributed by atoms with Crippen molar-refractivity contribution in [2.45, 2.75) is 12.8 Å². The molecule has 0 bridgehead atoms. The first-order valence-electron chi connectivity index (χ1n) is 9.24. The number of methoxy groups -OCH3 is 1. The summed E-state index contributed by atoms with van der Waals surface area (Å²) in [7, 11) is 1.56. The van der Waals surface area contributed by atoms with Crippen LogP contribution < -0.4 is 20.6 Å². The van der Waals surface area contributed by atoms with Crippen molar-refractivity contribution in [3.05, 3.63) is 90.7 Å². The minimum absolute atomic E-state index is 0.186. The first-order valence-corrected chi connectivity index (χ1v) is 9.62. The Labute approximate surface area is 175 Å². The van der Waals surface area contributed by atoms with E-state index >= 15 is 0 Å². The summed E-state index contributed by atoms with van der Waals surface area (Å²) in [6, 6.07) is 12.4. The molecule has 1 atom stereocenters. The maximum atomic E-state index is 13.2. The molecule has 2 aromatic heterocycles. The molecule has 0 saturated heterocycles. The van der Waals surface area contributed by atoms with Crippen LogP contribution in [0.3, 0.4) is 0 Å². The van der Waals surface area contributed by atoms with E-state index < -0.39 is 5.92 Å². The summed E-state index contributed by atoms with van der Waals surface area (Å²) in [5, 5.41) is 1.25. The van der Waals surface area contributed by atoms with Gasteiger partial charge in [0.2, 0.25) is 5.88 Å². The molecule has 0 radical (unpaired) electrons. The number of benzene rings is 2. The first kappa shape index (κ1) is 18.4. The number of ether oxygens (including phenoxy) is 2. The monoisotopic (exact) mass is 421 g/mol. The van der Waals surface area contributed by atoms with Crippen LogP contribution in [0.2, 0.25) is 5.02 Å². The van der Waals surface area contributed by atoms with E-state index in [1.807, 2.05) is 6.07 Å². The molecule has 5 rings (SSSR count). The molecule has 30 heavy (non-hydrogen) atoms. The van der Waals surface area contributed by atoms with Crippen molar-refractivity contribution in [3.8, 4) is 17.4 Å². The van der Waals surface area contributed by atoms with Crippen LogP contribution in [0.5, 0.6) is 17.4 Å². The summed E-state index contributed by atoms with van der Waals surface area (Å²) in [4.78, 5) is 36.1. The Morgan fingerprint density at radius 3 is 2.50 bits per heavy atom. The molecule has 0 aliphatic carbocycles. The molecular weight excluding hydrogens is 406 g/mol.